The minimum absolute atomic E-state index is 0.397. The van der Waals surface area contributed by atoms with Gasteiger partial charge in [0.25, 0.3) is 0 Å². The van der Waals surface area contributed by atoms with E-state index in [-0.39, 0.29) is 0 Å². The second-order valence-corrected chi connectivity index (χ2v) is 6.65. The second-order valence-electron chi connectivity index (χ2n) is 6.65. The third-order valence-electron chi connectivity index (χ3n) is 5.05. The second kappa shape index (κ2) is 6.79. The molecule has 2 aromatic rings. The molecular formula is C21H20N2O4. The number of hydrogen-bond acceptors (Lipinski definition) is 4. The molecule has 6 nitrogen and oxygen atoms in total. The minimum Gasteiger partial charge on any atom is -0.436 e. The average Bonchev–Trinajstić information content (AvgIpc) is 2.93. The summed E-state index contributed by atoms with van der Waals surface area (Å²) in [4.78, 5) is 28.0. The molecule has 0 aliphatic carbocycles. The van der Waals surface area contributed by atoms with Gasteiger partial charge in [-0.1, -0.05) is 43.0 Å². The van der Waals surface area contributed by atoms with E-state index in [1.165, 1.54) is 4.90 Å². The molecule has 2 amide bonds. The van der Waals surface area contributed by atoms with Crippen molar-refractivity contribution in [2.24, 2.45) is 0 Å². The molecule has 0 unspecified atom stereocenters. The summed E-state index contributed by atoms with van der Waals surface area (Å²) in [6, 6.07) is 18.3. The van der Waals surface area contributed by atoms with Crippen LogP contribution in [0.15, 0.2) is 72.9 Å². The summed E-state index contributed by atoms with van der Waals surface area (Å²) >= 11 is 0. The summed E-state index contributed by atoms with van der Waals surface area (Å²) in [6.07, 6.45) is 0.160. The minimum atomic E-state index is -0.767. The van der Waals surface area contributed by atoms with Crippen LogP contribution in [0.5, 0.6) is 5.75 Å². The highest BCUT2D eigenvalue weighted by atomic mass is 16.6. The molecular weight excluding hydrogens is 344 g/mol. The summed E-state index contributed by atoms with van der Waals surface area (Å²) in [5.41, 5.74) is 0.585. The number of carbonyl (C=O) groups excluding carboxylic acids is 2. The summed E-state index contributed by atoms with van der Waals surface area (Å²) < 4.78 is 11.1. The van der Waals surface area contributed by atoms with E-state index in [9.17, 15) is 9.59 Å². The number of rotatable bonds is 2. The summed E-state index contributed by atoms with van der Waals surface area (Å²) in [7, 11) is 0. The Hall–Kier alpha value is -3.28. The Morgan fingerprint density at radius 3 is 2.22 bits per heavy atom. The van der Waals surface area contributed by atoms with Gasteiger partial charge in [0.15, 0.2) is 5.60 Å². The predicted molar refractivity (Wildman–Crippen MR) is 101 cm³/mol. The molecule has 2 aromatic carbocycles. The van der Waals surface area contributed by atoms with Crippen LogP contribution in [0, 0.1) is 0 Å². The maximum Gasteiger partial charge on any atom is 0.419 e. The molecule has 0 radical (unpaired) electrons. The number of benzene rings is 2. The zero-order valence-corrected chi connectivity index (χ0v) is 14.8. The monoisotopic (exact) mass is 364 g/mol. The molecule has 2 aliphatic heterocycles. The lowest BCUT2D eigenvalue weighted by Gasteiger charge is -2.37. The molecule has 2 aliphatic rings. The van der Waals surface area contributed by atoms with Crippen LogP contribution in [0.2, 0.25) is 0 Å². The van der Waals surface area contributed by atoms with E-state index >= 15 is 0 Å². The average molecular weight is 364 g/mol. The first kappa shape index (κ1) is 17.1. The van der Waals surface area contributed by atoms with E-state index < -0.39 is 17.8 Å². The van der Waals surface area contributed by atoms with Crippen molar-refractivity contribution in [2.45, 2.75) is 18.4 Å². The highest BCUT2D eigenvalue weighted by Crippen LogP contribution is 2.42. The maximum atomic E-state index is 12.5. The quantitative estimate of drug-likeness (QED) is 0.802. The molecule has 2 heterocycles. The largest absolute Gasteiger partial charge is 0.436 e. The SMILES string of the molecule is C=C1N(c2ccccc2)C(=O)OC12CCN(C(=O)Oc1ccccc1)CC2. The number of likely N-dealkylation sites (tertiary alicyclic amines) is 1. The predicted octanol–water partition coefficient (Wildman–Crippen LogP) is 4.19. The molecule has 1 spiro atoms. The molecule has 138 valence electrons. The van der Waals surface area contributed by atoms with Crippen LogP contribution in [0.4, 0.5) is 15.3 Å². The fourth-order valence-corrected chi connectivity index (χ4v) is 3.52. The number of nitrogens with zero attached hydrogens (tertiary/aromatic N) is 2. The molecule has 27 heavy (non-hydrogen) atoms. The van der Waals surface area contributed by atoms with Crippen molar-refractivity contribution in [1.29, 1.82) is 0 Å². The van der Waals surface area contributed by atoms with Crippen molar-refractivity contribution >= 4 is 17.9 Å². The van der Waals surface area contributed by atoms with Crippen molar-refractivity contribution in [3.8, 4) is 5.75 Å². The van der Waals surface area contributed by atoms with Crippen molar-refractivity contribution < 1.29 is 19.1 Å². The van der Waals surface area contributed by atoms with Gasteiger partial charge in [0.2, 0.25) is 0 Å². The van der Waals surface area contributed by atoms with Crippen molar-refractivity contribution in [3.05, 3.63) is 72.9 Å². The van der Waals surface area contributed by atoms with Crippen LogP contribution >= 0.6 is 0 Å². The van der Waals surface area contributed by atoms with Gasteiger partial charge in [-0.25, -0.2) is 14.5 Å². The zero-order valence-electron chi connectivity index (χ0n) is 14.8. The number of anilines is 1. The van der Waals surface area contributed by atoms with Crippen LogP contribution in [-0.4, -0.2) is 35.8 Å². The van der Waals surface area contributed by atoms with Gasteiger partial charge in [-0.15, -0.1) is 0 Å². The molecule has 0 saturated carbocycles. The number of amides is 2. The lowest BCUT2D eigenvalue weighted by molar-refractivity contribution is 0.0191. The van der Waals surface area contributed by atoms with E-state index in [1.807, 2.05) is 48.5 Å². The first-order valence-corrected chi connectivity index (χ1v) is 8.88. The Balaban J connectivity index is 1.43. The summed E-state index contributed by atoms with van der Waals surface area (Å²) in [5, 5.41) is 0. The Morgan fingerprint density at radius 2 is 1.59 bits per heavy atom. The van der Waals surface area contributed by atoms with E-state index in [1.54, 1.807) is 17.0 Å². The topological polar surface area (TPSA) is 59.1 Å². The van der Waals surface area contributed by atoms with Crippen molar-refractivity contribution in [2.75, 3.05) is 18.0 Å². The molecule has 0 atom stereocenters. The molecule has 0 bridgehead atoms. The lowest BCUT2D eigenvalue weighted by Crippen LogP contribution is -2.48. The number of hydrogen-bond donors (Lipinski definition) is 0. The molecule has 0 N–H and O–H groups in total. The number of carbonyl (C=O) groups is 2. The standard InChI is InChI=1S/C21H20N2O4/c1-16-21(27-20(25)23(16)17-8-4-2-5-9-17)12-14-22(15-13-21)19(24)26-18-10-6-3-7-11-18/h2-11H,1,12-15H2. The van der Waals surface area contributed by atoms with Gasteiger partial charge < -0.3 is 14.4 Å². The highest BCUT2D eigenvalue weighted by molar-refractivity contribution is 5.95. The zero-order chi connectivity index (χ0) is 18.9. The molecule has 2 saturated heterocycles. The summed E-state index contributed by atoms with van der Waals surface area (Å²) in [6.45, 7) is 4.98. The number of para-hydroxylation sites is 2. The normalized spacial score (nSPS) is 18.5. The number of piperidine rings is 1. The van der Waals surface area contributed by atoms with E-state index in [0.717, 1.165) is 5.69 Å². The van der Waals surface area contributed by atoms with Crippen LogP contribution < -0.4 is 9.64 Å². The van der Waals surface area contributed by atoms with Gasteiger partial charge in [-0.05, 0) is 24.3 Å². The van der Waals surface area contributed by atoms with E-state index in [4.69, 9.17) is 9.47 Å². The maximum absolute atomic E-state index is 12.5. The summed E-state index contributed by atoms with van der Waals surface area (Å²) in [5.74, 6) is 0.509. The number of ether oxygens (including phenoxy) is 2. The van der Waals surface area contributed by atoms with Crippen LogP contribution in [0.3, 0.4) is 0 Å². The van der Waals surface area contributed by atoms with Crippen LogP contribution in [0.1, 0.15) is 12.8 Å². The van der Waals surface area contributed by atoms with Crippen LogP contribution in [0.25, 0.3) is 0 Å². The van der Waals surface area contributed by atoms with Gasteiger partial charge >= 0.3 is 12.2 Å². The van der Waals surface area contributed by atoms with Gasteiger partial charge in [0.1, 0.15) is 5.75 Å². The lowest BCUT2D eigenvalue weighted by atomic mass is 9.88. The third kappa shape index (κ3) is 3.14. The molecule has 6 heteroatoms. The molecule has 2 fully saturated rings. The van der Waals surface area contributed by atoms with Crippen molar-refractivity contribution in [3.63, 3.8) is 0 Å². The van der Waals surface area contributed by atoms with Gasteiger partial charge in [0, 0.05) is 25.9 Å². The first-order valence-electron chi connectivity index (χ1n) is 8.88. The van der Waals surface area contributed by atoms with E-state index in [2.05, 4.69) is 6.58 Å². The van der Waals surface area contributed by atoms with Crippen molar-refractivity contribution in [1.82, 2.24) is 4.90 Å². The Labute approximate surface area is 157 Å². The smallest absolute Gasteiger partial charge is 0.419 e. The Kier molecular flexibility index (Phi) is 4.32. The fraction of sp³-hybridized carbons (Fsp3) is 0.238. The van der Waals surface area contributed by atoms with Gasteiger partial charge in [0.05, 0.1) is 11.4 Å². The Bertz CT molecular complexity index is 858. The van der Waals surface area contributed by atoms with Crippen LogP contribution in [-0.2, 0) is 4.74 Å². The first-order chi connectivity index (χ1) is 13.1. The van der Waals surface area contributed by atoms with Gasteiger partial charge in [-0.2, -0.15) is 0 Å². The highest BCUT2D eigenvalue weighted by Gasteiger charge is 2.51. The Morgan fingerprint density at radius 1 is 1.00 bits per heavy atom. The van der Waals surface area contributed by atoms with E-state index in [0.29, 0.717) is 37.4 Å². The third-order valence-corrected chi connectivity index (χ3v) is 5.05. The van der Waals surface area contributed by atoms with Gasteiger partial charge in [-0.3, -0.25) is 0 Å². The molecule has 0 aromatic heterocycles. The fourth-order valence-electron chi connectivity index (χ4n) is 3.52. The molecule has 4 rings (SSSR count).